The predicted molar refractivity (Wildman–Crippen MR) is 96.4 cm³/mol. The third-order valence-electron chi connectivity index (χ3n) is 3.42. The van der Waals surface area contributed by atoms with E-state index in [2.05, 4.69) is 9.97 Å². The minimum atomic E-state index is -0.965. The Morgan fingerprint density at radius 3 is 2.67 bits per heavy atom. The van der Waals surface area contributed by atoms with Gasteiger partial charge in [0.1, 0.15) is 5.69 Å². The van der Waals surface area contributed by atoms with Crippen molar-refractivity contribution in [2.75, 3.05) is 5.73 Å². The molecule has 0 fully saturated rings. The maximum absolute atomic E-state index is 10.6. The number of rotatable bonds is 1. The molecule has 0 spiro atoms. The van der Waals surface area contributed by atoms with E-state index >= 15 is 0 Å². The van der Waals surface area contributed by atoms with E-state index in [1.165, 1.54) is 0 Å². The normalized spacial score (nSPS) is 10.4. The van der Waals surface area contributed by atoms with Crippen LogP contribution < -0.4 is 5.73 Å². The number of para-hydroxylation sites is 1. The van der Waals surface area contributed by atoms with E-state index in [-0.39, 0.29) is 5.69 Å². The Kier molecular flexibility index (Phi) is 4.35. The number of hydrogen-bond acceptors (Lipinski definition) is 3. The van der Waals surface area contributed by atoms with Gasteiger partial charge in [-0.3, -0.25) is 4.98 Å². The third kappa shape index (κ3) is 3.47. The third-order valence-corrected chi connectivity index (χ3v) is 3.66. The number of nitrogens with two attached hydrogens (primary N) is 1. The molecule has 0 aliphatic rings. The molecule has 2 aromatic carbocycles. The highest BCUT2D eigenvalue weighted by Crippen LogP contribution is 2.19. The maximum atomic E-state index is 10.6. The first-order valence-corrected chi connectivity index (χ1v) is 7.52. The lowest BCUT2D eigenvalue weighted by Crippen LogP contribution is -1.94. The van der Waals surface area contributed by atoms with Crippen molar-refractivity contribution in [1.29, 1.82) is 0 Å². The van der Waals surface area contributed by atoms with E-state index in [9.17, 15) is 4.79 Å². The molecule has 0 saturated carbocycles. The highest BCUT2D eigenvalue weighted by atomic mass is 35.5. The summed E-state index contributed by atoms with van der Waals surface area (Å²) in [6.45, 7) is 0. The molecular formula is C18H14ClN3O2. The van der Waals surface area contributed by atoms with Crippen molar-refractivity contribution >= 4 is 45.1 Å². The van der Waals surface area contributed by atoms with Crippen molar-refractivity contribution in [3.63, 3.8) is 0 Å². The second kappa shape index (κ2) is 6.60. The number of aromatic carboxylic acids is 1. The van der Waals surface area contributed by atoms with Crippen LogP contribution in [0, 0.1) is 0 Å². The van der Waals surface area contributed by atoms with Crippen LogP contribution in [0.5, 0.6) is 0 Å². The second-order valence-electron chi connectivity index (χ2n) is 5.18. The van der Waals surface area contributed by atoms with Gasteiger partial charge in [0.25, 0.3) is 0 Å². The van der Waals surface area contributed by atoms with Crippen LogP contribution in [-0.4, -0.2) is 21.0 Å². The lowest BCUT2D eigenvalue weighted by molar-refractivity contribution is 0.0691. The average Bonchev–Trinajstić information content (AvgIpc) is 2.99. The first kappa shape index (κ1) is 15.8. The Hall–Kier alpha value is -3.05. The van der Waals surface area contributed by atoms with Gasteiger partial charge >= 0.3 is 5.97 Å². The van der Waals surface area contributed by atoms with Crippen molar-refractivity contribution in [3.05, 3.63) is 71.5 Å². The number of hydrogen-bond donors (Lipinski definition) is 3. The fraction of sp³-hybridized carbons (Fsp3) is 0. The molecule has 0 radical (unpaired) electrons. The summed E-state index contributed by atoms with van der Waals surface area (Å²) in [4.78, 5) is 17.5. The van der Waals surface area contributed by atoms with Crippen molar-refractivity contribution < 1.29 is 9.90 Å². The van der Waals surface area contributed by atoms with E-state index < -0.39 is 5.97 Å². The summed E-state index contributed by atoms with van der Waals surface area (Å²) in [5.41, 5.74) is 8.22. The number of carboxylic acid groups (broad SMARTS) is 1. The maximum Gasteiger partial charge on any atom is 0.352 e. The first-order chi connectivity index (χ1) is 11.5. The van der Waals surface area contributed by atoms with Crippen molar-refractivity contribution in [2.24, 2.45) is 0 Å². The van der Waals surface area contributed by atoms with Gasteiger partial charge in [-0.15, -0.1) is 0 Å². The predicted octanol–water partition coefficient (Wildman–Crippen LogP) is 4.34. The summed E-state index contributed by atoms with van der Waals surface area (Å²) in [6, 6.07) is 16.6. The molecule has 4 N–H and O–H groups in total. The van der Waals surface area contributed by atoms with Crippen LogP contribution >= 0.6 is 11.6 Å². The van der Waals surface area contributed by atoms with Gasteiger partial charge in [0.2, 0.25) is 0 Å². The number of halogens is 1. The number of pyridine rings is 1. The summed E-state index contributed by atoms with van der Waals surface area (Å²) >= 11 is 5.75. The van der Waals surface area contributed by atoms with Gasteiger partial charge in [-0.2, -0.15) is 0 Å². The number of nitrogen functional groups attached to an aromatic ring is 1. The summed E-state index contributed by atoms with van der Waals surface area (Å²) in [5, 5.41) is 11.2. The van der Waals surface area contributed by atoms with Gasteiger partial charge in [-0.1, -0.05) is 29.8 Å². The van der Waals surface area contributed by atoms with Crippen LogP contribution in [0.3, 0.4) is 0 Å². The number of nitrogens with zero attached hydrogens (tertiary/aromatic N) is 1. The molecule has 120 valence electrons. The molecule has 6 heteroatoms. The molecule has 4 aromatic rings. The first-order valence-electron chi connectivity index (χ1n) is 7.15. The number of anilines is 1. The van der Waals surface area contributed by atoms with E-state index in [1.54, 1.807) is 30.5 Å². The number of nitrogens with one attached hydrogen (secondary N) is 1. The average molecular weight is 340 g/mol. The van der Waals surface area contributed by atoms with Gasteiger partial charge in [0, 0.05) is 21.3 Å². The monoisotopic (exact) mass is 339 g/mol. The zero-order valence-corrected chi connectivity index (χ0v) is 13.3. The Morgan fingerprint density at radius 2 is 1.88 bits per heavy atom. The topological polar surface area (TPSA) is 92.0 Å². The largest absolute Gasteiger partial charge is 0.477 e. The number of carbonyl (C=O) groups is 1. The van der Waals surface area contributed by atoms with Crippen molar-refractivity contribution in [1.82, 2.24) is 9.97 Å². The van der Waals surface area contributed by atoms with Gasteiger partial charge in [-0.05, 0) is 36.4 Å². The van der Waals surface area contributed by atoms with Gasteiger partial charge < -0.3 is 15.8 Å². The Morgan fingerprint density at radius 1 is 1.08 bits per heavy atom. The molecule has 4 rings (SSSR count). The molecule has 0 amide bonds. The summed E-state index contributed by atoms with van der Waals surface area (Å²) in [5.74, 6) is -0.965. The van der Waals surface area contributed by atoms with E-state index in [0.29, 0.717) is 10.7 Å². The number of carboxylic acids is 1. The molecule has 0 saturated heterocycles. The fourth-order valence-electron chi connectivity index (χ4n) is 2.31. The van der Waals surface area contributed by atoms with E-state index in [4.69, 9.17) is 22.4 Å². The second-order valence-corrected chi connectivity index (χ2v) is 5.62. The molecule has 24 heavy (non-hydrogen) atoms. The zero-order chi connectivity index (χ0) is 17.1. The number of H-pyrrole nitrogens is 1. The fourth-order valence-corrected chi connectivity index (χ4v) is 2.49. The van der Waals surface area contributed by atoms with Gasteiger partial charge in [-0.25, -0.2) is 4.79 Å². The SMILES string of the molecule is Nc1cnc2ccccc2c1.O=C(O)c1cc2cc(Cl)ccc2[nH]1. The highest BCUT2D eigenvalue weighted by molar-refractivity contribution is 6.31. The Balaban J connectivity index is 0.000000143. The van der Waals surface area contributed by atoms with Crippen LogP contribution in [0.1, 0.15) is 10.5 Å². The zero-order valence-electron chi connectivity index (χ0n) is 12.5. The van der Waals surface area contributed by atoms with Crippen LogP contribution in [0.2, 0.25) is 5.02 Å². The highest BCUT2D eigenvalue weighted by Gasteiger charge is 2.06. The van der Waals surface area contributed by atoms with Crippen LogP contribution in [0.15, 0.2) is 60.8 Å². The lowest BCUT2D eigenvalue weighted by Gasteiger charge is -1.95. The molecule has 0 bridgehead atoms. The molecule has 2 heterocycles. The number of fused-ring (bicyclic) bond motifs is 2. The van der Waals surface area contributed by atoms with Crippen molar-refractivity contribution in [3.8, 4) is 0 Å². The number of benzene rings is 2. The molecule has 0 aliphatic heterocycles. The molecule has 0 atom stereocenters. The van der Waals surface area contributed by atoms with Crippen LogP contribution in [0.4, 0.5) is 5.69 Å². The van der Waals surface area contributed by atoms with Crippen LogP contribution in [-0.2, 0) is 0 Å². The quantitative estimate of drug-likeness (QED) is 0.481. The minimum Gasteiger partial charge on any atom is -0.477 e. The van der Waals surface area contributed by atoms with Crippen LogP contribution in [0.25, 0.3) is 21.8 Å². The van der Waals surface area contributed by atoms with Crippen molar-refractivity contribution in [2.45, 2.75) is 0 Å². The Bertz CT molecular complexity index is 1030. The molecule has 2 aromatic heterocycles. The van der Waals surface area contributed by atoms with Gasteiger partial charge in [0.05, 0.1) is 17.4 Å². The lowest BCUT2D eigenvalue weighted by atomic mass is 10.2. The standard InChI is InChI=1S/C9H6ClNO2.C9H8N2/c10-6-1-2-7-5(3-6)4-8(11-7)9(12)13;10-8-5-7-3-1-2-4-9(7)11-6-8/h1-4,11H,(H,12,13);1-6H,10H2. The molecule has 5 nitrogen and oxygen atoms in total. The smallest absolute Gasteiger partial charge is 0.352 e. The number of aromatic nitrogens is 2. The minimum absolute atomic E-state index is 0.178. The molecule has 0 unspecified atom stereocenters. The molecular weight excluding hydrogens is 326 g/mol. The number of aromatic amines is 1. The Labute approximate surface area is 142 Å². The van der Waals surface area contributed by atoms with E-state index in [1.807, 2.05) is 30.3 Å². The molecule has 0 aliphatic carbocycles. The summed E-state index contributed by atoms with van der Waals surface area (Å²) < 4.78 is 0. The summed E-state index contributed by atoms with van der Waals surface area (Å²) in [7, 11) is 0. The van der Waals surface area contributed by atoms with E-state index in [0.717, 1.165) is 21.8 Å². The van der Waals surface area contributed by atoms with Gasteiger partial charge in [0.15, 0.2) is 0 Å². The summed E-state index contributed by atoms with van der Waals surface area (Å²) in [6.07, 6.45) is 1.67.